The molecule has 3 rings (SSSR count). The fourth-order valence-electron chi connectivity index (χ4n) is 2.23. The van der Waals surface area contributed by atoms with Crippen molar-refractivity contribution in [1.29, 1.82) is 0 Å². The second kappa shape index (κ2) is 5.39. The molecule has 0 aliphatic heterocycles. The molecule has 1 aromatic heterocycles. The first-order valence-corrected chi connectivity index (χ1v) is 7.47. The van der Waals surface area contributed by atoms with Gasteiger partial charge >= 0.3 is 0 Å². The fourth-order valence-corrected chi connectivity index (χ4v) is 2.62. The van der Waals surface area contributed by atoms with Gasteiger partial charge in [-0.2, -0.15) is 0 Å². The number of aromatic nitrogens is 2. The van der Waals surface area contributed by atoms with Crippen LogP contribution in [0.1, 0.15) is 18.1 Å². The molecule has 2 nitrogen and oxygen atoms in total. The lowest BCUT2D eigenvalue weighted by atomic mass is 10.2. The Bertz CT molecular complexity index is 830. The molecule has 0 N–H and O–H groups in total. The fraction of sp³-hybridized carbons (Fsp3) is 0.133. The van der Waals surface area contributed by atoms with Crippen LogP contribution in [0.25, 0.3) is 16.7 Å². The van der Waals surface area contributed by atoms with Gasteiger partial charge in [0, 0.05) is 6.07 Å². The van der Waals surface area contributed by atoms with E-state index >= 15 is 0 Å². The molecule has 0 aliphatic carbocycles. The summed E-state index contributed by atoms with van der Waals surface area (Å²) in [5.74, 6) is -0.243. The van der Waals surface area contributed by atoms with Crippen molar-refractivity contribution in [1.82, 2.24) is 9.55 Å². The first kappa shape index (κ1) is 14.5. The van der Waals surface area contributed by atoms with Crippen molar-refractivity contribution in [2.45, 2.75) is 12.3 Å². The minimum Gasteiger partial charge on any atom is -0.295 e. The quantitative estimate of drug-likeness (QED) is 0.554. The van der Waals surface area contributed by atoms with Crippen molar-refractivity contribution in [2.24, 2.45) is 0 Å². The second-order valence-corrected chi connectivity index (χ2v) is 6.16. The molecule has 0 saturated carbocycles. The van der Waals surface area contributed by atoms with Gasteiger partial charge in [-0.15, -0.1) is 11.6 Å². The molecule has 1 atom stereocenters. The van der Waals surface area contributed by atoms with E-state index in [0.29, 0.717) is 27.0 Å². The largest absolute Gasteiger partial charge is 0.295 e. The van der Waals surface area contributed by atoms with Crippen LogP contribution in [0.4, 0.5) is 8.78 Å². The molecule has 0 bridgehead atoms. The zero-order valence-corrected chi connectivity index (χ0v) is 13.3. The highest BCUT2D eigenvalue weighted by atomic mass is 79.9. The maximum Gasteiger partial charge on any atom is 0.139 e. The molecule has 108 valence electrons. The first-order valence-electron chi connectivity index (χ1n) is 6.25. The van der Waals surface area contributed by atoms with Gasteiger partial charge in [-0.05, 0) is 53.2 Å². The van der Waals surface area contributed by atoms with E-state index in [1.54, 1.807) is 29.7 Å². The van der Waals surface area contributed by atoms with E-state index in [0.717, 1.165) is 0 Å². The molecule has 1 unspecified atom stereocenters. The molecule has 21 heavy (non-hydrogen) atoms. The summed E-state index contributed by atoms with van der Waals surface area (Å²) in [4.78, 5) is 4.41. The molecule has 0 amide bonds. The van der Waals surface area contributed by atoms with Gasteiger partial charge in [-0.3, -0.25) is 4.57 Å². The van der Waals surface area contributed by atoms with Crippen LogP contribution in [0.2, 0.25) is 0 Å². The first-order chi connectivity index (χ1) is 9.97. The van der Waals surface area contributed by atoms with Crippen LogP contribution < -0.4 is 0 Å². The summed E-state index contributed by atoms with van der Waals surface area (Å²) in [6.45, 7) is 1.77. The molecule has 0 fully saturated rings. The number of imidazole rings is 1. The highest BCUT2D eigenvalue weighted by molar-refractivity contribution is 9.10. The van der Waals surface area contributed by atoms with Crippen LogP contribution in [0.5, 0.6) is 0 Å². The van der Waals surface area contributed by atoms with Crippen LogP contribution in [0.15, 0.2) is 40.9 Å². The lowest BCUT2D eigenvalue weighted by Gasteiger charge is -2.11. The highest BCUT2D eigenvalue weighted by Gasteiger charge is 2.17. The topological polar surface area (TPSA) is 17.8 Å². The number of hydrogen-bond acceptors (Lipinski definition) is 1. The molecule has 0 aliphatic rings. The molecular formula is C15H10BrClF2N2. The van der Waals surface area contributed by atoms with Crippen LogP contribution in [0, 0.1) is 11.6 Å². The van der Waals surface area contributed by atoms with Gasteiger partial charge in [0.05, 0.1) is 26.6 Å². The van der Waals surface area contributed by atoms with E-state index in [4.69, 9.17) is 11.6 Å². The van der Waals surface area contributed by atoms with E-state index in [-0.39, 0.29) is 5.82 Å². The Balaban J connectivity index is 2.35. The average Bonchev–Trinajstić information content (AvgIpc) is 2.80. The smallest absolute Gasteiger partial charge is 0.139 e. The Kier molecular flexibility index (Phi) is 3.71. The standard InChI is InChI=1S/C15H10BrClF2N2/c1-8(17)15-20-13-5-2-9(18)6-14(13)21(15)10-3-4-11(16)12(19)7-10/h2-8H,1H3. The second-order valence-electron chi connectivity index (χ2n) is 4.65. The molecule has 0 radical (unpaired) electrons. The van der Waals surface area contributed by atoms with Gasteiger partial charge in [0.25, 0.3) is 0 Å². The third-order valence-electron chi connectivity index (χ3n) is 3.16. The molecule has 0 spiro atoms. The lowest BCUT2D eigenvalue weighted by Crippen LogP contribution is -2.02. The van der Waals surface area contributed by atoms with Crippen molar-refractivity contribution in [3.05, 3.63) is 58.3 Å². The third-order valence-corrected chi connectivity index (χ3v) is 4.00. The van der Waals surface area contributed by atoms with Crippen LogP contribution in [-0.2, 0) is 0 Å². The van der Waals surface area contributed by atoms with Gasteiger partial charge in [0.15, 0.2) is 0 Å². The summed E-state index contributed by atoms with van der Waals surface area (Å²) in [5.41, 5.74) is 1.72. The minimum atomic E-state index is -0.404. The van der Waals surface area contributed by atoms with Crippen molar-refractivity contribution in [3.63, 3.8) is 0 Å². The van der Waals surface area contributed by atoms with E-state index in [1.807, 2.05) is 0 Å². The predicted molar refractivity (Wildman–Crippen MR) is 83.0 cm³/mol. The van der Waals surface area contributed by atoms with Crippen LogP contribution in [0.3, 0.4) is 0 Å². The predicted octanol–water partition coefficient (Wildman–Crippen LogP) is 5.37. The lowest BCUT2D eigenvalue weighted by molar-refractivity contribution is 0.619. The molecule has 2 aromatic carbocycles. The van der Waals surface area contributed by atoms with Crippen molar-refractivity contribution in [3.8, 4) is 5.69 Å². The average molecular weight is 372 g/mol. The maximum atomic E-state index is 13.8. The van der Waals surface area contributed by atoms with Crippen molar-refractivity contribution >= 4 is 38.6 Å². The van der Waals surface area contributed by atoms with Gasteiger partial charge in [0.2, 0.25) is 0 Å². The van der Waals surface area contributed by atoms with Crippen LogP contribution in [-0.4, -0.2) is 9.55 Å². The molecule has 0 saturated heterocycles. The SMILES string of the molecule is CC(Cl)c1nc2ccc(F)cc2n1-c1ccc(Br)c(F)c1. The number of fused-ring (bicyclic) bond motifs is 1. The van der Waals surface area contributed by atoms with E-state index in [1.165, 1.54) is 18.2 Å². The zero-order chi connectivity index (χ0) is 15.1. The Morgan fingerprint density at radius 3 is 2.62 bits per heavy atom. The molecular weight excluding hydrogens is 362 g/mol. The summed E-state index contributed by atoms with van der Waals surface area (Å²) in [7, 11) is 0. The van der Waals surface area contributed by atoms with Crippen LogP contribution >= 0.6 is 27.5 Å². The summed E-state index contributed by atoms with van der Waals surface area (Å²) in [6, 6.07) is 8.97. The number of benzene rings is 2. The minimum absolute atomic E-state index is 0.363. The molecule has 3 aromatic rings. The summed E-state index contributed by atoms with van der Waals surface area (Å²) in [5, 5.41) is -0.396. The monoisotopic (exact) mass is 370 g/mol. The third kappa shape index (κ3) is 2.56. The normalized spacial score (nSPS) is 12.8. The van der Waals surface area contributed by atoms with Crippen molar-refractivity contribution < 1.29 is 8.78 Å². The van der Waals surface area contributed by atoms with Crippen molar-refractivity contribution in [2.75, 3.05) is 0 Å². The zero-order valence-electron chi connectivity index (χ0n) is 10.9. The van der Waals surface area contributed by atoms with E-state index < -0.39 is 11.2 Å². The molecule has 6 heteroatoms. The summed E-state index contributed by atoms with van der Waals surface area (Å²) in [6.07, 6.45) is 0. The Hall–Kier alpha value is -1.46. The number of halogens is 4. The van der Waals surface area contributed by atoms with Gasteiger partial charge in [0.1, 0.15) is 17.5 Å². The van der Waals surface area contributed by atoms with Gasteiger partial charge in [-0.25, -0.2) is 13.8 Å². The Morgan fingerprint density at radius 1 is 1.19 bits per heavy atom. The molecule has 1 heterocycles. The maximum absolute atomic E-state index is 13.8. The van der Waals surface area contributed by atoms with E-state index in [2.05, 4.69) is 20.9 Å². The van der Waals surface area contributed by atoms with Gasteiger partial charge < -0.3 is 0 Å². The Labute approximate surface area is 133 Å². The number of alkyl halides is 1. The van der Waals surface area contributed by atoms with E-state index in [9.17, 15) is 8.78 Å². The number of nitrogens with zero attached hydrogens (tertiary/aromatic N) is 2. The summed E-state index contributed by atoms with van der Waals surface area (Å²) >= 11 is 9.28. The highest BCUT2D eigenvalue weighted by Crippen LogP contribution is 2.30. The summed E-state index contributed by atoms with van der Waals surface area (Å²) < 4.78 is 29.4. The number of rotatable bonds is 2. The number of hydrogen-bond donors (Lipinski definition) is 0. The van der Waals surface area contributed by atoms with Gasteiger partial charge in [-0.1, -0.05) is 0 Å². The Morgan fingerprint density at radius 2 is 1.95 bits per heavy atom.